The van der Waals surface area contributed by atoms with Crippen molar-refractivity contribution in [3.63, 3.8) is 0 Å². The Balaban J connectivity index is 1.71. The zero-order chi connectivity index (χ0) is 19.7. The lowest BCUT2D eigenvalue weighted by Crippen LogP contribution is -2.21. The monoisotopic (exact) mass is 454 g/mol. The number of fused-ring (bicyclic) bond motifs is 1. The molecule has 0 saturated heterocycles. The van der Waals surface area contributed by atoms with Crippen molar-refractivity contribution in [1.82, 2.24) is 9.55 Å². The van der Waals surface area contributed by atoms with Crippen molar-refractivity contribution in [2.24, 2.45) is 0 Å². The van der Waals surface area contributed by atoms with Crippen LogP contribution in [-0.4, -0.2) is 22.6 Å². The lowest BCUT2D eigenvalue weighted by atomic mass is 10.1. The Morgan fingerprint density at radius 3 is 2.54 bits per heavy atom. The van der Waals surface area contributed by atoms with Crippen molar-refractivity contribution in [1.29, 1.82) is 0 Å². The molecule has 0 spiro atoms. The fourth-order valence-electron chi connectivity index (χ4n) is 2.98. The van der Waals surface area contributed by atoms with E-state index in [4.69, 9.17) is 4.74 Å². The van der Waals surface area contributed by atoms with Gasteiger partial charge in [0.1, 0.15) is 4.83 Å². The van der Waals surface area contributed by atoms with Crippen LogP contribution < -0.4 is 5.56 Å². The van der Waals surface area contributed by atoms with Gasteiger partial charge >= 0.3 is 5.97 Å². The van der Waals surface area contributed by atoms with Gasteiger partial charge in [0.05, 0.1) is 30.9 Å². The molecule has 0 aliphatic heterocycles. The fourth-order valence-corrected chi connectivity index (χ4v) is 4.15. The molecule has 0 amide bonds. The Labute approximate surface area is 173 Å². The molecule has 0 radical (unpaired) electrons. The molecule has 4 rings (SSSR count). The predicted molar refractivity (Wildman–Crippen MR) is 114 cm³/mol. The number of rotatable bonds is 4. The standard InChI is InChI=1S/C21H15BrN2O3S/c1-27-21(26)15-4-2-13(3-5-15)10-24-12-23-19-18(20(24)25)17(11-28-19)14-6-8-16(22)9-7-14/h2-9,11-12H,10H2,1H3. The first-order valence-electron chi connectivity index (χ1n) is 8.46. The van der Waals surface area contributed by atoms with Crippen molar-refractivity contribution in [2.75, 3.05) is 7.11 Å². The lowest BCUT2D eigenvalue weighted by molar-refractivity contribution is 0.0600. The molecule has 5 nitrogen and oxygen atoms in total. The van der Waals surface area contributed by atoms with Crippen LogP contribution in [-0.2, 0) is 11.3 Å². The van der Waals surface area contributed by atoms with Gasteiger partial charge in [-0.1, -0.05) is 40.2 Å². The third-order valence-corrected chi connectivity index (χ3v) is 5.86. The van der Waals surface area contributed by atoms with E-state index in [0.29, 0.717) is 17.5 Å². The number of thiophene rings is 1. The van der Waals surface area contributed by atoms with Crippen LogP contribution in [0.5, 0.6) is 0 Å². The first-order valence-corrected chi connectivity index (χ1v) is 10.1. The number of esters is 1. The fraction of sp³-hybridized carbons (Fsp3) is 0.0952. The number of hydrogen-bond acceptors (Lipinski definition) is 5. The van der Waals surface area contributed by atoms with Gasteiger partial charge in [-0.15, -0.1) is 11.3 Å². The Hall–Kier alpha value is -2.77. The average Bonchev–Trinajstić information content (AvgIpc) is 3.15. The summed E-state index contributed by atoms with van der Waals surface area (Å²) in [5, 5.41) is 2.60. The number of carbonyl (C=O) groups excluding carboxylic acids is 1. The molecule has 7 heteroatoms. The second-order valence-electron chi connectivity index (χ2n) is 6.20. The largest absolute Gasteiger partial charge is 0.465 e. The summed E-state index contributed by atoms with van der Waals surface area (Å²) in [7, 11) is 1.35. The molecular weight excluding hydrogens is 440 g/mol. The van der Waals surface area contributed by atoms with Gasteiger partial charge in [0.2, 0.25) is 0 Å². The van der Waals surface area contributed by atoms with Crippen molar-refractivity contribution >= 4 is 43.5 Å². The van der Waals surface area contributed by atoms with E-state index in [1.165, 1.54) is 18.4 Å². The smallest absolute Gasteiger partial charge is 0.337 e. The Morgan fingerprint density at radius 2 is 1.86 bits per heavy atom. The minimum atomic E-state index is -0.385. The van der Waals surface area contributed by atoms with Gasteiger partial charge in [0.25, 0.3) is 5.56 Å². The number of aromatic nitrogens is 2. The van der Waals surface area contributed by atoms with E-state index in [1.807, 2.05) is 41.8 Å². The molecule has 0 atom stereocenters. The van der Waals surface area contributed by atoms with Crippen molar-refractivity contribution in [3.8, 4) is 11.1 Å². The lowest BCUT2D eigenvalue weighted by Gasteiger charge is -2.07. The highest BCUT2D eigenvalue weighted by atomic mass is 79.9. The Morgan fingerprint density at radius 1 is 1.14 bits per heavy atom. The summed E-state index contributed by atoms with van der Waals surface area (Å²) >= 11 is 4.90. The third kappa shape index (κ3) is 3.50. The Kier molecular flexibility index (Phi) is 5.11. The molecule has 0 bridgehead atoms. The van der Waals surface area contributed by atoms with Crippen LogP contribution >= 0.6 is 27.3 Å². The highest BCUT2D eigenvalue weighted by molar-refractivity contribution is 9.10. The molecule has 2 aromatic carbocycles. The molecule has 0 unspecified atom stereocenters. The van der Waals surface area contributed by atoms with Crippen LogP contribution in [0.1, 0.15) is 15.9 Å². The second-order valence-corrected chi connectivity index (χ2v) is 7.98. The second kappa shape index (κ2) is 7.69. The third-order valence-electron chi connectivity index (χ3n) is 4.44. The maximum Gasteiger partial charge on any atom is 0.337 e. The summed E-state index contributed by atoms with van der Waals surface area (Å²) in [5.74, 6) is -0.385. The van der Waals surface area contributed by atoms with Gasteiger partial charge < -0.3 is 4.74 Å². The SMILES string of the molecule is COC(=O)c1ccc(Cn2cnc3scc(-c4ccc(Br)cc4)c3c2=O)cc1. The van der Waals surface area contributed by atoms with Crippen LogP contribution in [0, 0.1) is 0 Å². The number of halogens is 1. The number of nitrogens with zero attached hydrogens (tertiary/aromatic N) is 2. The van der Waals surface area contributed by atoms with E-state index in [1.54, 1.807) is 23.0 Å². The maximum atomic E-state index is 13.1. The summed E-state index contributed by atoms with van der Waals surface area (Å²) in [6, 6.07) is 14.9. The van der Waals surface area contributed by atoms with E-state index in [9.17, 15) is 9.59 Å². The zero-order valence-electron chi connectivity index (χ0n) is 14.9. The molecule has 2 heterocycles. The highest BCUT2D eigenvalue weighted by Crippen LogP contribution is 2.31. The van der Waals surface area contributed by atoms with Crippen molar-refractivity contribution < 1.29 is 9.53 Å². The quantitative estimate of drug-likeness (QED) is 0.418. The van der Waals surface area contributed by atoms with Gasteiger partial charge in [0.15, 0.2) is 0 Å². The van der Waals surface area contributed by atoms with Gasteiger partial charge in [-0.3, -0.25) is 9.36 Å². The van der Waals surface area contributed by atoms with Crippen LogP contribution in [0.3, 0.4) is 0 Å². The van der Waals surface area contributed by atoms with E-state index in [0.717, 1.165) is 26.0 Å². The van der Waals surface area contributed by atoms with Crippen LogP contribution in [0.15, 0.2) is 69.5 Å². The number of carbonyl (C=O) groups is 1. The topological polar surface area (TPSA) is 61.2 Å². The average molecular weight is 455 g/mol. The molecular formula is C21H15BrN2O3S. The first kappa shape index (κ1) is 18.6. The number of hydrogen-bond donors (Lipinski definition) is 0. The summed E-state index contributed by atoms with van der Waals surface area (Å²) in [6.45, 7) is 0.374. The van der Waals surface area contributed by atoms with Crippen LogP contribution in [0.25, 0.3) is 21.3 Å². The van der Waals surface area contributed by atoms with Gasteiger partial charge in [0, 0.05) is 15.4 Å². The first-order chi connectivity index (χ1) is 13.6. The molecule has 0 fully saturated rings. The number of methoxy groups -OCH3 is 1. The highest BCUT2D eigenvalue weighted by Gasteiger charge is 2.14. The number of benzene rings is 2. The molecule has 0 aliphatic rings. The van der Waals surface area contributed by atoms with Crippen LogP contribution in [0.4, 0.5) is 0 Å². The normalized spacial score (nSPS) is 10.9. The summed E-state index contributed by atoms with van der Waals surface area (Å²) in [6.07, 6.45) is 1.57. The van der Waals surface area contributed by atoms with Gasteiger partial charge in [-0.25, -0.2) is 9.78 Å². The molecule has 0 N–H and O–H groups in total. The molecule has 2 aromatic heterocycles. The summed E-state index contributed by atoms with van der Waals surface area (Å²) in [5.41, 5.74) is 3.16. The molecule has 0 saturated carbocycles. The molecule has 140 valence electrons. The molecule has 0 aliphatic carbocycles. The van der Waals surface area contributed by atoms with Gasteiger partial charge in [-0.2, -0.15) is 0 Å². The van der Waals surface area contributed by atoms with E-state index >= 15 is 0 Å². The summed E-state index contributed by atoms with van der Waals surface area (Å²) in [4.78, 5) is 29.9. The van der Waals surface area contributed by atoms with Crippen molar-refractivity contribution in [2.45, 2.75) is 6.54 Å². The Bertz CT molecular complexity index is 1210. The zero-order valence-corrected chi connectivity index (χ0v) is 17.3. The maximum absolute atomic E-state index is 13.1. The predicted octanol–water partition coefficient (Wildman–Crippen LogP) is 4.72. The minimum Gasteiger partial charge on any atom is -0.465 e. The van der Waals surface area contributed by atoms with Gasteiger partial charge in [-0.05, 0) is 35.4 Å². The van der Waals surface area contributed by atoms with E-state index < -0.39 is 0 Å². The van der Waals surface area contributed by atoms with Crippen molar-refractivity contribution in [3.05, 3.63) is 86.2 Å². The molecule has 28 heavy (non-hydrogen) atoms. The van der Waals surface area contributed by atoms with E-state index in [2.05, 4.69) is 20.9 Å². The minimum absolute atomic E-state index is 0.0822. The summed E-state index contributed by atoms with van der Waals surface area (Å²) < 4.78 is 7.29. The van der Waals surface area contributed by atoms with Crippen LogP contribution in [0.2, 0.25) is 0 Å². The number of ether oxygens (including phenoxy) is 1. The molecule has 4 aromatic rings. The van der Waals surface area contributed by atoms with E-state index in [-0.39, 0.29) is 11.5 Å².